The second-order valence-corrected chi connectivity index (χ2v) is 5.08. The largest absolute Gasteiger partial charge is 0.395 e. The molecule has 1 aliphatic heterocycles. The monoisotopic (exact) mass is 195 g/mol. The third kappa shape index (κ3) is 2.41. The first kappa shape index (κ1) is 9.91. The summed E-state index contributed by atoms with van der Waals surface area (Å²) in [6.07, 6.45) is -0.832. The highest BCUT2D eigenvalue weighted by molar-refractivity contribution is 7.91. The molecule has 2 atom stereocenters. The molecular weight excluding hydrogens is 182 g/mol. The Kier molecular flexibility index (Phi) is 3.05. The van der Waals surface area contributed by atoms with E-state index in [0.29, 0.717) is 6.54 Å². The van der Waals surface area contributed by atoms with E-state index in [4.69, 9.17) is 5.11 Å². The van der Waals surface area contributed by atoms with E-state index in [0.717, 1.165) is 0 Å². The van der Waals surface area contributed by atoms with Crippen molar-refractivity contribution in [2.45, 2.75) is 12.1 Å². The maximum absolute atomic E-state index is 11.0. The summed E-state index contributed by atoms with van der Waals surface area (Å²) in [6, 6.07) is -0.415. The molecule has 6 heteroatoms. The summed E-state index contributed by atoms with van der Waals surface area (Å²) >= 11 is 0. The van der Waals surface area contributed by atoms with Gasteiger partial charge >= 0.3 is 0 Å². The molecular formula is C6H13NO4S. The van der Waals surface area contributed by atoms with Gasteiger partial charge in [0.05, 0.1) is 24.2 Å². The average molecular weight is 195 g/mol. The molecule has 0 aromatic rings. The van der Waals surface area contributed by atoms with Gasteiger partial charge in [-0.25, -0.2) is 8.42 Å². The van der Waals surface area contributed by atoms with Gasteiger partial charge in [-0.15, -0.1) is 0 Å². The Balaban J connectivity index is 2.47. The highest BCUT2D eigenvalue weighted by Gasteiger charge is 2.35. The number of hydrogen-bond donors (Lipinski definition) is 3. The molecule has 0 aliphatic carbocycles. The molecule has 12 heavy (non-hydrogen) atoms. The molecule has 1 aliphatic rings. The predicted molar refractivity (Wildman–Crippen MR) is 43.5 cm³/mol. The number of rotatable bonds is 3. The molecule has 1 fully saturated rings. The van der Waals surface area contributed by atoms with Crippen LogP contribution < -0.4 is 5.32 Å². The van der Waals surface area contributed by atoms with Crippen molar-refractivity contribution in [1.82, 2.24) is 5.32 Å². The van der Waals surface area contributed by atoms with Crippen LogP contribution >= 0.6 is 0 Å². The first-order valence-corrected chi connectivity index (χ1v) is 5.60. The molecule has 1 rings (SSSR count). The molecule has 0 radical (unpaired) electrons. The van der Waals surface area contributed by atoms with Crippen molar-refractivity contribution in [3.05, 3.63) is 0 Å². The SMILES string of the molecule is O=S1(=O)C[C@H](O)[C@H](NCCO)C1. The van der Waals surface area contributed by atoms with Crippen LogP contribution in [-0.2, 0) is 9.84 Å². The van der Waals surface area contributed by atoms with Crippen molar-refractivity contribution < 1.29 is 18.6 Å². The van der Waals surface area contributed by atoms with E-state index in [1.54, 1.807) is 0 Å². The van der Waals surface area contributed by atoms with Crippen molar-refractivity contribution in [3.63, 3.8) is 0 Å². The first-order valence-electron chi connectivity index (χ1n) is 3.78. The molecule has 1 saturated heterocycles. The van der Waals surface area contributed by atoms with Crippen molar-refractivity contribution in [3.8, 4) is 0 Å². The van der Waals surface area contributed by atoms with E-state index in [2.05, 4.69) is 5.32 Å². The molecule has 0 amide bonds. The number of aliphatic hydroxyl groups is 2. The fourth-order valence-corrected chi connectivity index (χ4v) is 3.05. The van der Waals surface area contributed by atoms with Crippen LogP contribution in [0.5, 0.6) is 0 Å². The van der Waals surface area contributed by atoms with Crippen LogP contribution in [0.2, 0.25) is 0 Å². The van der Waals surface area contributed by atoms with Gasteiger partial charge in [0.2, 0.25) is 0 Å². The Morgan fingerprint density at radius 1 is 1.42 bits per heavy atom. The Morgan fingerprint density at radius 3 is 2.50 bits per heavy atom. The van der Waals surface area contributed by atoms with Crippen LogP contribution in [0.3, 0.4) is 0 Å². The van der Waals surface area contributed by atoms with E-state index in [9.17, 15) is 13.5 Å². The van der Waals surface area contributed by atoms with Crippen LogP contribution in [0.15, 0.2) is 0 Å². The van der Waals surface area contributed by atoms with Crippen LogP contribution in [0.1, 0.15) is 0 Å². The molecule has 0 aromatic heterocycles. The van der Waals surface area contributed by atoms with Crippen molar-refractivity contribution in [1.29, 1.82) is 0 Å². The second-order valence-electron chi connectivity index (χ2n) is 2.93. The van der Waals surface area contributed by atoms with Gasteiger partial charge in [-0.1, -0.05) is 0 Å². The highest BCUT2D eigenvalue weighted by Crippen LogP contribution is 2.11. The van der Waals surface area contributed by atoms with E-state index >= 15 is 0 Å². The summed E-state index contributed by atoms with van der Waals surface area (Å²) in [4.78, 5) is 0. The minimum Gasteiger partial charge on any atom is -0.395 e. The molecule has 0 unspecified atom stereocenters. The van der Waals surface area contributed by atoms with E-state index in [1.165, 1.54) is 0 Å². The zero-order valence-corrected chi connectivity index (χ0v) is 7.42. The van der Waals surface area contributed by atoms with E-state index in [1.807, 2.05) is 0 Å². The zero-order valence-electron chi connectivity index (χ0n) is 6.60. The molecule has 72 valence electrons. The van der Waals surface area contributed by atoms with Gasteiger partial charge < -0.3 is 15.5 Å². The van der Waals surface area contributed by atoms with Crippen molar-refractivity contribution in [2.75, 3.05) is 24.7 Å². The number of aliphatic hydroxyl groups excluding tert-OH is 2. The fourth-order valence-electron chi connectivity index (χ4n) is 1.27. The van der Waals surface area contributed by atoms with Crippen molar-refractivity contribution in [2.24, 2.45) is 0 Å². The Morgan fingerprint density at radius 2 is 2.08 bits per heavy atom. The molecule has 5 nitrogen and oxygen atoms in total. The third-order valence-corrected chi connectivity index (χ3v) is 3.56. The normalized spacial score (nSPS) is 33.8. The Bertz CT molecular complexity index is 238. The summed E-state index contributed by atoms with van der Waals surface area (Å²) in [5.41, 5.74) is 0. The summed E-state index contributed by atoms with van der Waals surface area (Å²) in [5, 5.41) is 20.4. The summed E-state index contributed by atoms with van der Waals surface area (Å²) < 4.78 is 21.9. The zero-order chi connectivity index (χ0) is 9.19. The van der Waals surface area contributed by atoms with Crippen LogP contribution in [0.4, 0.5) is 0 Å². The summed E-state index contributed by atoms with van der Waals surface area (Å²) in [6.45, 7) is 0.264. The number of sulfone groups is 1. The Labute approximate surface area is 71.3 Å². The van der Waals surface area contributed by atoms with Crippen LogP contribution in [0, 0.1) is 0 Å². The molecule has 0 saturated carbocycles. The standard InChI is InChI=1S/C6H13NO4S/c8-2-1-7-5-3-12(10,11)4-6(5)9/h5-9H,1-4H2/t5-,6+/m1/s1. The molecule has 3 N–H and O–H groups in total. The number of nitrogens with one attached hydrogen (secondary N) is 1. The minimum absolute atomic E-state index is 0.0336. The highest BCUT2D eigenvalue weighted by atomic mass is 32.2. The molecule has 0 aromatic carbocycles. The van der Waals surface area contributed by atoms with Gasteiger partial charge in [-0.3, -0.25) is 0 Å². The maximum Gasteiger partial charge on any atom is 0.154 e. The molecule has 0 spiro atoms. The van der Waals surface area contributed by atoms with Gasteiger partial charge in [-0.2, -0.15) is 0 Å². The molecule has 1 heterocycles. The topological polar surface area (TPSA) is 86.6 Å². The lowest BCUT2D eigenvalue weighted by atomic mass is 10.2. The smallest absolute Gasteiger partial charge is 0.154 e. The van der Waals surface area contributed by atoms with Gasteiger partial charge in [0, 0.05) is 12.6 Å². The fraction of sp³-hybridized carbons (Fsp3) is 1.00. The number of hydrogen-bond acceptors (Lipinski definition) is 5. The van der Waals surface area contributed by atoms with Crippen molar-refractivity contribution >= 4 is 9.84 Å². The quantitative estimate of drug-likeness (QED) is 0.472. The third-order valence-electron chi connectivity index (χ3n) is 1.84. The Hall–Kier alpha value is -0.170. The lowest BCUT2D eigenvalue weighted by Gasteiger charge is -2.12. The molecule has 0 bridgehead atoms. The summed E-state index contributed by atoms with van der Waals surface area (Å²) in [7, 11) is -3.07. The summed E-state index contributed by atoms with van der Waals surface area (Å²) in [5.74, 6) is -0.204. The lowest BCUT2D eigenvalue weighted by Crippen LogP contribution is -2.40. The van der Waals surface area contributed by atoms with Crippen LogP contribution in [0.25, 0.3) is 0 Å². The second kappa shape index (κ2) is 3.69. The average Bonchev–Trinajstić information content (AvgIpc) is 2.20. The van der Waals surface area contributed by atoms with E-state index < -0.39 is 22.0 Å². The first-order chi connectivity index (χ1) is 5.55. The van der Waals surface area contributed by atoms with Gasteiger partial charge in [0.1, 0.15) is 0 Å². The van der Waals surface area contributed by atoms with E-state index in [-0.39, 0.29) is 18.1 Å². The lowest BCUT2D eigenvalue weighted by molar-refractivity contribution is 0.161. The van der Waals surface area contributed by atoms with Gasteiger partial charge in [0.25, 0.3) is 0 Å². The minimum atomic E-state index is -3.07. The van der Waals surface area contributed by atoms with Gasteiger partial charge in [-0.05, 0) is 0 Å². The van der Waals surface area contributed by atoms with Gasteiger partial charge in [0.15, 0.2) is 9.84 Å². The predicted octanol–water partition coefficient (Wildman–Crippen LogP) is -2.27. The van der Waals surface area contributed by atoms with Crippen LogP contribution in [-0.4, -0.2) is 55.4 Å². The maximum atomic E-state index is 11.0.